The molecule has 2 aromatic carbocycles. The zero-order valence-electron chi connectivity index (χ0n) is 15.8. The Morgan fingerprint density at radius 3 is 2.37 bits per heavy atom. The fraction of sp³-hybridized carbons (Fsp3) is 0.286. The first-order valence-corrected chi connectivity index (χ1v) is 8.84. The third-order valence-corrected chi connectivity index (χ3v) is 4.41. The summed E-state index contributed by atoms with van der Waals surface area (Å²) in [7, 11) is 1.71. The van der Waals surface area contributed by atoms with Gasteiger partial charge in [-0.1, -0.05) is 37.3 Å². The molecule has 27 heavy (non-hydrogen) atoms. The van der Waals surface area contributed by atoms with Crippen LogP contribution in [0.2, 0.25) is 0 Å². The van der Waals surface area contributed by atoms with Gasteiger partial charge in [0.2, 0.25) is 11.8 Å². The lowest BCUT2D eigenvalue weighted by atomic mass is 10.1. The summed E-state index contributed by atoms with van der Waals surface area (Å²) in [5, 5.41) is 14.8. The largest absolute Gasteiger partial charge is 0.325 e. The smallest absolute Gasteiger partial charge is 0.241 e. The van der Waals surface area contributed by atoms with E-state index in [0.29, 0.717) is 11.3 Å². The minimum atomic E-state index is -0.538. The highest BCUT2D eigenvalue weighted by atomic mass is 16.2. The maximum absolute atomic E-state index is 12.5. The van der Waals surface area contributed by atoms with Gasteiger partial charge >= 0.3 is 0 Å². The van der Waals surface area contributed by atoms with Crippen LogP contribution >= 0.6 is 0 Å². The van der Waals surface area contributed by atoms with Crippen LogP contribution in [0.15, 0.2) is 48.5 Å². The monoisotopic (exact) mass is 364 g/mol. The normalized spacial score (nSPS) is 11.5. The highest BCUT2D eigenvalue weighted by Gasteiger charge is 2.21. The molecule has 0 saturated heterocycles. The molecule has 1 unspecified atom stereocenters. The summed E-state index contributed by atoms with van der Waals surface area (Å²) >= 11 is 0. The third kappa shape index (κ3) is 5.40. The van der Waals surface area contributed by atoms with Gasteiger partial charge in [-0.25, -0.2) is 0 Å². The van der Waals surface area contributed by atoms with Gasteiger partial charge in [0.1, 0.15) is 6.07 Å². The summed E-state index contributed by atoms with van der Waals surface area (Å²) in [5.74, 6) is -0.461. The molecule has 0 saturated carbocycles. The number of nitrogens with one attached hydrogen (secondary N) is 2. The Balaban J connectivity index is 1.96. The lowest BCUT2D eigenvalue weighted by Crippen LogP contribution is -2.43. The van der Waals surface area contributed by atoms with E-state index < -0.39 is 6.04 Å². The minimum absolute atomic E-state index is 0.0759. The van der Waals surface area contributed by atoms with Crippen molar-refractivity contribution >= 4 is 23.2 Å². The highest BCUT2D eigenvalue weighted by molar-refractivity contribution is 5.97. The number of nitrogens with zero attached hydrogens (tertiary/aromatic N) is 2. The van der Waals surface area contributed by atoms with Gasteiger partial charge < -0.3 is 10.6 Å². The summed E-state index contributed by atoms with van der Waals surface area (Å²) in [4.78, 5) is 26.5. The first-order valence-electron chi connectivity index (χ1n) is 8.84. The lowest BCUT2D eigenvalue weighted by Gasteiger charge is -2.23. The van der Waals surface area contributed by atoms with Gasteiger partial charge in [-0.2, -0.15) is 5.26 Å². The van der Waals surface area contributed by atoms with Crippen LogP contribution in [0.1, 0.15) is 25.0 Å². The molecule has 2 N–H and O–H groups in total. The summed E-state index contributed by atoms with van der Waals surface area (Å²) in [6, 6.07) is 16.0. The van der Waals surface area contributed by atoms with E-state index >= 15 is 0 Å². The number of carbonyl (C=O) groups excluding carboxylic acids is 2. The number of hydrogen-bond donors (Lipinski definition) is 2. The molecule has 0 fully saturated rings. The van der Waals surface area contributed by atoms with Crippen LogP contribution in [0.5, 0.6) is 0 Å². The summed E-state index contributed by atoms with van der Waals surface area (Å²) < 4.78 is 0. The van der Waals surface area contributed by atoms with Crippen molar-refractivity contribution in [1.82, 2.24) is 4.90 Å². The Bertz CT molecular complexity index is 857. The Labute approximate surface area is 159 Å². The van der Waals surface area contributed by atoms with Crippen molar-refractivity contribution in [2.45, 2.75) is 26.3 Å². The van der Waals surface area contributed by atoms with Crippen molar-refractivity contribution in [1.29, 1.82) is 5.26 Å². The number of aryl methyl sites for hydroxylation is 1. The van der Waals surface area contributed by atoms with E-state index in [2.05, 4.69) is 10.6 Å². The quantitative estimate of drug-likeness (QED) is 0.791. The van der Waals surface area contributed by atoms with E-state index in [0.717, 1.165) is 17.7 Å². The SMILES string of the molecule is CCc1ccccc1NC(=O)CN(C)C(C)C(=O)Nc1ccccc1C#N. The third-order valence-electron chi connectivity index (χ3n) is 4.41. The molecule has 2 aromatic rings. The van der Waals surface area contributed by atoms with Crippen molar-refractivity contribution in [3.8, 4) is 6.07 Å². The van der Waals surface area contributed by atoms with E-state index in [1.807, 2.05) is 37.3 Å². The predicted octanol–water partition coefficient (Wildman–Crippen LogP) is 3.02. The fourth-order valence-electron chi connectivity index (χ4n) is 2.63. The maximum atomic E-state index is 12.5. The van der Waals surface area contributed by atoms with Crippen LogP contribution in [-0.4, -0.2) is 36.3 Å². The molecule has 6 nitrogen and oxygen atoms in total. The first kappa shape index (κ1) is 20.1. The number of anilines is 2. The van der Waals surface area contributed by atoms with E-state index in [9.17, 15) is 9.59 Å². The number of hydrogen-bond acceptors (Lipinski definition) is 4. The molecule has 0 aromatic heterocycles. The zero-order chi connectivity index (χ0) is 19.8. The van der Waals surface area contributed by atoms with Crippen LogP contribution in [0.3, 0.4) is 0 Å². The van der Waals surface area contributed by atoms with Gasteiger partial charge in [0, 0.05) is 5.69 Å². The Morgan fingerprint density at radius 1 is 1.07 bits per heavy atom. The van der Waals surface area contributed by atoms with Crippen LogP contribution in [0.4, 0.5) is 11.4 Å². The van der Waals surface area contributed by atoms with E-state index in [1.165, 1.54) is 0 Å². The molecule has 140 valence electrons. The molecule has 0 aliphatic heterocycles. The molecule has 2 amide bonds. The second-order valence-corrected chi connectivity index (χ2v) is 6.30. The lowest BCUT2D eigenvalue weighted by molar-refractivity contribution is -0.122. The Hall–Kier alpha value is -3.17. The van der Waals surface area contributed by atoms with E-state index in [4.69, 9.17) is 5.26 Å². The van der Waals surface area contributed by atoms with Crippen molar-refractivity contribution in [2.75, 3.05) is 24.2 Å². The molecule has 0 aliphatic carbocycles. The van der Waals surface area contributed by atoms with Crippen LogP contribution in [0, 0.1) is 11.3 Å². The summed E-state index contributed by atoms with van der Waals surface area (Å²) in [5.41, 5.74) is 2.71. The van der Waals surface area contributed by atoms with Crippen LogP contribution in [-0.2, 0) is 16.0 Å². The molecular formula is C21H24N4O2. The summed E-state index contributed by atoms with van der Waals surface area (Å²) in [6.07, 6.45) is 0.823. The minimum Gasteiger partial charge on any atom is -0.325 e. The van der Waals surface area contributed by atoms with Crippen molar-refractivity contribution in [2.24, 2.45) is 0 Å². The number of amides is 2. The average molecular weight is 364 g/mol. The molecule has 0 bridgehead atoms. The molecule has 0 spiro atoms. The number of likely N-dealkylation sites (N-methyl/N-ethyl adjacent to an activating group) is 1. The molecule has 0 aliphatic rings. The van der Waals surface area contributed by atoms with Crippen molar-refractivity contribution < 1.29 is 9.59 Å². The van der Waals surface area contributed by atoms with Crippen molar-refractivity contribution in [3.05, 3.63) is 59.7 Å². The predicted molar refractivity (Wildman–Crippen MR) is 106 cm³/mol. The molecule has 0 radical (unpaired) electrons. The molecule has 0 heterocycles. The van der Waals surface area contributed by atoms with Gasteiger partial charge in [0.25, 0.3) is 0 Å². The Morgan fingerprint density at radius 2 is 1.70 bits per heavy atom. The van der Waals surface area contributed by atoms with Gasteiger partial charge in [0.15, 0.2) is 0 Å². The number of nitriles is 1. The van der Waals surface area contributed by atoms with Crippen LogP contribution in [0.25, 0.3) is 0 Å². The fourth-order valence-corrected chi connectivity index (χ4v) is 2.63. The van der Waals surface area contributed by atoms with Crippen molar-refractivity contribution in [3.63, 3.8) is 0 Å². The standard InChI is InChI=1S/C21H24N4O2/c1-4-16-9-5-7-11-18(16)23-20(26)14-25(3)15(2)21(27)24-19-12-8-6-10-17(19)13-22/h5-12,15H,4,14H2,1-3H3,(H,23,26)(H,24,27). The number of benzene rings is 2. The Kier molecular flexibility index (Phi) is 7.09. The number of rotatable bonds is 7. The van der Waals surface area contributed by atoms with E-state index in [1.54, 1.807) is 43.1 Å². The second-order valence-electron chi connectivity index (χ2n) is 6.30. The first-order chi connectivity index (χ1) is 13.0. The van der Waals surface area contributed by atoms with Gasteiger partial charge in [-0.3, -0.25) is 14.5 Å². The van der Waals surface area contributed by atoms with Gasteiger partial charge in [-0.15, -0.1) is 0 Å². The molecule has 2 rings (SSSR count). The molecular weight excluding hydrogens is 340 g/mol. The maximum Gasteiger partial charge on any atom is 0.241 e. The van der Waals surface area contributed by atoms with Crippen LogP contribution < -0.4 is 10.6 Å². The van der Waals surface area contributed by atoms with E-state index in [-0.39, 0.29) is 18.4 Å². The van der Waals surface area contributed by atoms with Gasteiger partial charge in [-0.05, 0) is 44.2 Å². The average Bonchev–Trinajstić information content (AvgIpc) is 2.68. The topological polar surface area (TPSA) is 85.2 Å². The van der Waals surface area contributed by atoms with Gasteiger partial charge in [0.05, 0.1) is 23.8 Å². The zero-order valence-corrected chi connectivity index (χ0v) is 15.8. The number of carbonyl (C=O) groups is 2. The second kappa shape index (κ2) is 9.51. The summed E-state index contributed by atoms with van der Waals surface area (Å²) in [6.45, 7) is 3.83. The molecule has 6 heteroatoms. The highest BCUT2D eigenvalue weighted by Crippen LogP contribution is 2.16. The molecule has 1 atom stereocenters. The number of para-hydroxylation sites is 2.